The van der Waals surface area contributed by atoms with Gasteiger partial charge in [0.2, 0.25) is 16.1 Å². The van der Waals surface area contributed by atoms with Gasteiger partial charge in [-0.15, -0.1) is 0 Å². The second-order valence-corrected chi connectivity index (χ2v) is 6.47. The lowest BCUT2D eigenvalue weighted by Gasteiger charge is -2.18. The Morgan fingerprint density at radius 1 is 1.09 bits per heavy atom. The highest BCUT2D eigenvalue weighted by Crippen LogP contribution is 2.24. The van der Waals surface area contributed by atoms with Crippen LogP contribution in [0.3, 0.4) is 0 Å². The third-order valence-electron chi connectivity index (χ3n) is 2.77. The molecule has 0 aliphatic rings. The van der Waals surface area contributed by atoms with E-state index in [1.165, 1.54) is 0 Å². The average Bonchev–Trinajstić information content (AvgIpc) is 2.47. The fraction of sp³-hybridized carbons (Fsp3) is 0.133. The molecule has 2 aromatic rings. The minimum Gasteiger partial charge on any atom is -0.476 e. The summed E-state index contributed by atoms with van der Waals surface area (Å²) in [4.78, 5) is 12.1. The smallest absolute Gasteiger partial charge is 0.279 e. The molecule has 2 aromatic carbocycles. The van der Waals surface area contributed by atoms with E-state index in [0.717, 1.165) is 24.5 Å². The number of sulfonamides is 1. The van der Waals surface area contributed by atoms with E-state index in [-0.39, 0.29) is 5.75 Å². The van der Waals surface area contributed by atoms with Gasteiger partial charge in [-0.05, 0) is 12.1 Å². The van der Waals surface area contributed by atoms with Gasteiger partial charge in [-0.1, -0.05) is 30.3 Å². The topological polar surface area (TPSA) is 72.5 Å². The van der Waals surface area contributed by atoms with Crippen LogP contribution in [0, 0.1) is 11.6 Å². The van der Waals surface area contributed by atoms with Gasteiger partial charge >= 0.3 is 0 Å². The Morgan fingerprint density at radius 3 is 2.30 bits per heavy atom. The first-order valence-electron chi connectivity index (χ1n) is 6.44. The van der Waals surface area contributed by atoms with Gasteiger partial charge in [0.15, 0.2) is 11.6 Å². The first-order chi connectivity index (χ1) is 10.8. The maximum atomic E-state index is 13.3. The van der Waals surface area contributed by atoms with Crippen LogP contribution in [0.25, 0.3) is 0 Å². The molecule has 1 atom stereocenters. The molecule has 8 heteroatoms. The van der Waals surface area contributed by atoms with Gasteiger partial charge in [0.25, 0.3) is 5.91 Å². The van der Waals surface area contributed by atoms with Crippen LogP contribution in [0.5, 0.6) is 5.75 Å². The molecule has 0 saturated carbocycles. The van der Waals surface area contributed by atoms with Crippen LogP contribution in [-0.4, -0.2) is 20.6 Å². The average molecular weight is 341 g/mol. The minimum atomic E-state index is -3.80. The normalized spacial score (nSPS) is 12.5. The van der Waals surface area contributed by atoms with Crippen LogP contribution in [0.15, 0.2) is 48.5 Å². The fourth-order valence-electron chi connectivity index (χ4n) is 1.82. The molecule has 23 heavy (non-hydrogen) atoms. The van der Waals surface area contributed by atoms with E-state index < -0.39 is 33.7 Å². The van der Waals surface area contributed by atoms with Gasteiger partial charge in [0.05, 0.1) is 6.26 Å². The molecule has 0 aliphatic carbocycles. The molecule has 0 bridgehead atoms. The Bertz CT molecular complexity index is 809. The number of ether oxygens (including phenoxy) is 1. The molecule has 0 unspecified atom stereocenters. The molecule has 1 amide bonds. The summed E-state index contributed by atoms with van der Waals surface area (Å²) in [7, 11) is -3.80. The lowest BCUT2D eigenvalue weighted by Crippen LogP contribution is -2.36. The molecular formula is C15H13F2NO4S. The molecule has 0 heterocycles. The van der Waals surface area contributed by atoms with Crippen molar-refractivity contribution >= 4 is 15.9 Å². The number of halogens is 2. The fourth-order valence-corrected chi connectivity index (χ4v) is 2.30. The van der Waals surface area contributed by atoms with E-state index in [1.54, 1.807) is 35.1 Å². The van der Waals surface area contributed by atoms with Crippen molar-refractivity contribution in [1.82, 2.24) is 4.72 Å². The zero-order valence-electron chi connectivity index (χ0n) is 12.0. The van der Waals surface area contributed by atoms with E-state index in [4.69, 9.17) is 4.74 Å². The van der Waals surface area contributed by atoms with Crippen LogP contribution in [0.4, 0.5) is 8.78 Å². The highest BCUT2D eigenvalue weighted by molar-refractivity contribution is 7.89. The second-order valence-electron chi connectivity index (χ2n) is 4.72. The Labute approximate surface area is 132 Å². The van der Waals surface area contributed by atoms with Crippen molar-refractivity contribution in [3.63, 3.8) is 0 Å². The van der Waals surface area contributed by atoms with Crippen LogP contribution < -0.4 is 9.46 Å². The number of carbonyl (C=O) groups excluding carboxylic acids is 1. The molecule has 0 aliphatic heterocycles. The van der Waals surface area contributed by atoms with Gasteiger partial charge in [-0.3, -0.25) is 4.79 Å². The summed E-state index contributed by atoms with van der Waals surface area (Å²) in [5.41, 5.74) is 0.360. The zero-order valence-corrected chi connectivity index (χ0v) is 12.8. The van der Waals surface area contributed by atoms with Crippen molar-refractivity contribution < 1.29 is 26.7 Å². The monoisotopic (exact) mass is 341 g/mol. The van der Waals surface area contributed by atoms with Crippen molar-refractivity contribution in [2.24, 2.45) is 0 Å². The second kappa shape index (κ2) is 6.74. The lowest BCUT2D eigenvalue weighted by atomic mass is 10.1. The van der Waals surface area contributed by atoms with Crippen LogP contribution in [-0.2, 0) is 14.8 Å². The Balaban J connectivity index is 2.33. The maximum absolute atomic E-state index is 13.3. The van der Waals surface area contributed by atoms with Crippen LogP contribution >= 0.6 is 0 Å². The lowest BCUT2D eigenvalue weighted by molar-refractivity contribution is -0.126. The number of carbonyl (C=O) groups is 1. The molecule has 0 saturated heterocycles. The van der Waals surface area contributed by atoms with Gasteiger partial charge in [-0.2, -0.15) is 0 Å². The first kappa shape index (κ1) is 16.9. The largest absolute Gasteiger partial charge is 0.476 e. The van der Waals surface area contributed by atoms with Crippen molar-refractivity contribution in [2.75, 3.05) is 6.26 Å². The first-order valence-corrected chi connectivity index (χ1v) is 8.34. The third kappa shape index (κ3) is 4.75. The predicted octanol–water partition coefficient (Wildman–Crippen LogP) is 2.16. The van der Waals surface area contributed by atoms with Gasteiger partial charge in [0, 0.05) is 11.6 Å². The molecule has 0 radical (unpaired) electrons. The number of nitrogens with one attached hydrogen (secondary N) is 1. The summed E-state index contributed by atoms with van der Waals surface area (Å²) >= 11 is 0. The van der Waals surface area contributed by atoms with E-state index in [1.807, 2.05) is 0 Å². The van der Waals surface area contributed by atoms with Gasteiger partial charge in [0.1, 0.15) is 5.75 Å². The molecule has 122 valence electrons. The third-order valence-corrected chi connectivity index (χ3v) is 3.34. The maximum Gasteiger partial charge on any atom is 0.279 e. The number of rotatable bonds is 5. The van der Waals surface area contributed by atoms with Crippen molar-refractivity contribution in [3.8, 4) is 5.75 Å². The zero-order chi connectivity index (χ0) is 17.0. The van der Waals surface area contributed by atoms with Crippen molar-refractivity contribution in [3.05, 3.63) is 65.7 Å². The number of hydrogen-bond donors (Lipinski definition) is 1. The summed E-state index contributed by atoms with van der Waals surface area (Å²) in [6.45, 7) is 0. The van der Waals surface area contributed by atoms with Crippen molar-refractivity contribution in [2.45, 2.75) is 6.10 Å². The Hall–Kier alpha value is -2.48. The van der Waals surface area contributed by atoms with E-state index in [9.17, 15) is 22.0 Å². The van der Waals surface area contributed by atoms with Crippen LogP contribution in [0.1, 0.15) is 11.7 Å². The number of benzene rings is 2. The SMILES string of the molecule is CS(=O)(=O)NC(=O)[C@@H](Oc1ccc(F)c(F)c1)c1ccccc1. The van der Waals surface area contributed by atoms with Crippen LogP contribution in [0.2, 0.25) is 0 Å². The summed E-state index contributed by atoms with van der Waals surface area (Å²) in [6.07, 6.45) is -0.513. The number of amides is 1. The summed E-state index contributed by atoms with van der Waals surface area (Å²) in [5.74, 6) is -3.25. The summed E-state index contributed by atoms with van der Waals surface area (Å²) in [6, 6.07) is 10.8. The van der Waals surface area contributed by atoms with E-state index in [2.05, 4.69) is 0 Å². The summed E-state index contributed by atoms with van der Waals surface area (Å²) in [5, 5.41) is 0. The van der Waals surface area contributed by atoms with Gasteiger partial charge < -0.3 is 4.74 Å². The molecule has 0 spiro atoms. The predicted molar refractivity (Wildman–Crippen MR) is 79.2 cm³/mol. The molecule has 1 N–H and O–H groups in total. The van der Waals surface area contributed by atoms with E-state index in [0.29, 0.717) is 5.56 Å². The number of hydrogen-bond acceptors (Lipinski definition) is 4. The quantitative estimate of drug-likeness (QED) is 0.905. The summed E-state index contributed by atoms with van der Waals surface area (Å²) < 4.78 is 55.8. The molecule has 0 aromatic heterocycles. The Kier molecular flexibility index (Phi) is 4.95. The van der Waals surface area contributed by atoms with Gasteiger partial charge in [-0.25, -0.2) is 21.9 Å². The highest BCUT2D eigenvalue weighted by atomic mass is 32.2. The molecule has 2 rings (SSSR count). The molecular weight excluding hydrogens is 328 g/mol. The highest BCUT2D eigenvalue weighted by Gasteiger charge is 2.25. The molecule has 0 fully saturated rings. The minimum absolute atomic E-state index is 0.110. The van der Waals surface area contributed by atoms with Crippen molar-refractivity contribution in [1.29, 1.82) is 0 Å². The standard InChI is InChI=1S/C15H13F2NO4S/c1-23(20,21)18-15(19)14(10-5-3-2-4-6-10)22-11-7-8-12(16)13(17)9-11/h2-9,14H,1H3,(H,18,19)/t14-/m0/s1. The Morgan fingerprint density at radius 2 is 1.74 bits per heavy atom. The molecule has 5 nitrogen and oxygen atoms in total. The van der Waals surface area contributed by atoms with E-state index >= 15 is 0 Å².